The number of nitrogens with one attached hydrogen (secondary N) is 1. The Morgan fingerprint density at radius 3 is 2.45 bits per heavy atom. The van der Waals surface area contributed by atoms with Crippen molar-refractivity contribution in [2.45, 2.75) is 26.2 Å². The SMILES string of the molecule is CCCN(CC1CC1)C(=O)COC(=O)c1ccc(OCC(=O)Nc2cccc(OC)c2)cc1. The number of benzene rings is 2. The summed E-state index contributed by atoms with van der Waals surface area (Å²) < 4.78 is 15.8. The zero-order chi connectivity index (χ0) is 23.6. The summed E-state index contributed by atoms with van der Waals surface area (Å²) in [6.07, 6.45) is 3.18. The van der Waals surface area contributed by atoms with E-state index in [1.54, 1.807) is 48.4 Å². The van der Waals surface area contributed by atoms with Gasteiger partial charge in [-0.3, -0.25) is 9.59 Å². The van der Waals surface area contributed by atoms with Crippen LogP contribution in [0, 0.1) is 5.92 Å². The van der Waals surface area contributed by atoms with Crippen molar-refractivity contribution in [2.75, 3.05) is 38.7 Å². The van der Waals surface area contributed by atoms with Gasteiger partial charge in [0.25, 0.3) is 11.8 Å². The van der Waals surface area contributed by atoms with E-state index in [1.165, 1.54) is 12.1 Å². The van der Waals surface area contributed by atoms with E-state index in [9.17, 15) is 14.4 Å². The van der Waals surface area contributed by atoms with Gasteiger partial charge in [-0.1, -0.05) is 13.0 Å². The predicted molar refractivity (Wildman–Crippen MR) is 123 cm³/mol. The maximum absolute atomic E-state index is 12.4. The molecule has 0 atom stereocenters. The maximum Gasteiger partial charge on any atom is 0.338 e. The topological polar surface area (TPSA) is 94.2 Å². The number of ether oxygens (including phenoxy) is 3. The number of carbonyl (C=O) groups is 3. The van der Waals surface area contributed by atoms with Gasteiger partial charge in [-0.2, -0.15) is 0 Å². The smallest absolute Gasteiger partial charge is 0.338 e. The summed E-state index contributed by atoms with van der Waals surface area (Å²) in [5.74, 6) is 0.586. The van der Waals surface area contributed by atoms with E-state index in [0.717, 1.165) is 25.8 Å². The number of rotatable bonds is 12. The summed E-state index contributed by atoms with van der Waals surface area (Å²) in [6.45, 7) is 2.97. The second-order valence-corrected chi connectivity index (χ2v) is 7.95. The third kappa shape index (κ3) is 7.82. The lowest BCUT2D eigenvalue weighted by molar-refractivity contribution is -0.134. The van der Waals surface area contributed by atoms with Crippen LogP contribution in [-0.4, -0.2) is 56.1 Å². The summed E-state index contributed by atoms with van der Waals surface area (Å²) >= 11 is 0. The first-order valence-electron chi connectivity index (χ1n) is 11.1. The van der Waals surface area contributed by atoms with Gasteiger partial charge >= 0.3 is 5.97 Å². The van der Waals surface area contributed by atoms with Gasteiger partial charge in [-0.25, -0.2) is 4.79 Å². The number of hydrogen-bond acceptors (Lipinski definition) is 6. The van der Waals surface area contributed by atoms with Crippen LogP contribution in [0.25, 0.3) is 0 Å². The standard InChI is InChI=1S/C25H30N2O6/c1-3-13-27(15-18-7-8-18)24(29)17-33-25(30)19-9-11-21(12-10-19)32-16-23(28)26-20-5-4-6-22(14-20)31-2/h4-6,9-12,14,18H,3,7-8,13,15-17H2,1-2H3,(H,26,28). The average molecular weight is 455 g/mol. The molecule has 1 N–H and O–H groups in total. The van der Waals surface area contributed by atoms with E-state index in [4.69, 9.17) is 14.2 Å². The maximum atomic E-state index is 12.4. The van der Waals surface area contributed by atoms with Crippen LogP contribution in [0.2, 0.25) is 0 Å². The molecule has 33 heavy (non-hydrogen) atoms. The van der Waals surface area contributed by atoms with Crippen LogP contribution in [-0.2, 0) is 14.3 Å². The number of esters is 1. The molecule has 1 fully saturated rings. The van der Waals surface area contributed by atoms with Gasteiger partial charge in [0.05, 0.1) is 12.7 Å². The van der Waals surface area contributed by atoms with Crippen molar-refractivity contribution in [1.82, 2.24) is 4.90 Å². The molecule has 2 aromatic rings. The van der Waals surface area contributed by atoms with Gasteiger partial charge in [-0.05, 0) is 61.6 Å². The molecule has 1 saturated carbocycles. The number of amides is 2. The summed E-state index contributed by atoms with van der Waals surface area (Å²) in [5, 5.41) is 2.72. The Hall–Kier alpha value is -3.55. The van der Waals surface area contributed by atoms with Gasteiger partial charge in [0.1, 0.15) is 11.5 Å². The zero-order valence-electron chi connectivity index (χ0n) is 19.0. The van der Waals surface area contributed by atoms with Crippen LogP contribution in [0.5, 0.6) is 11.5 Å². The highest BCUT2D eigenvalue weighted by Gasteiger charge is 2.26. The van der Waals surface area contributed by atoms with Crippen LogP contribution in [0.3, 0.4) is 0 Å². The van der Waals surface area contributed by atoms with E-state index >= 15 is 0 Å². The molecule has 8 nitrogen and oxygen atoms in total. The molecule has 0 unspecified atom stereocenters. The van der Waals surface area contributed by atoms with Crippen LogP contribution in [0.1, 0.15) is 36.5 Å². The molecular weight excluding hydrogens is 424 g/mol. The molecule has 0 aromatic heterocycles. The van der Waals surface area contributed by atoms with E-state index in [0.29, 0.717) is 35.2 Å². The molecule has 0 heterocycles. The first-order valence-corrected chi connectivity index (χ1v) is 11.1. The summed E-state index contributed by atoms with van der Waals surface area (Å²) in [5.41, 5.74) is 0.908. The lowest BCUT2D eigenvalue weighted by atomic mass is 10.2. The molecule has 1 aliphatic carbocycles. The fourth-order valence-corrected chi connectivity index (χ4v) is 3.24. The molecular formula is C25H30N2O6. The highest BCUT2D eigenvalue weighted by molar-refractivity contribution is 5.92. The monoisotopic (exact) mass is 454 g/mol. The van der Waals surface area contributed by atoms with Crippen LogP contribution in [0.4, 0.5) is 5.69 Å². The number of nitrogens with zero attached hydrogens (tertiary/aromatic N) is 1. The zero-order valence-corrected chi connectivity index (χ0v) is 19.0. The summed E-state index contributed by atoms with van der Waals surface area (Å²) in [7, 11) is 1.55. The van der Waals surface area contributed by atoms with Crippen LogP contribution >= 0.6 is 0 Å². The van der Waals surface area contributed by atoms with Gasteiger partial charge in [0.15, 0.2) is 13.2 Å². The summed E-state index contributed by atoms with van der Waals surface area (Å²) in [4.78, 5) is 38.5. The Morgan fingerprint density at radius 2 is 1.79 bits per heavy atom. The Labute approximate surface area is 193 Å². The van der Waals surface area contributed by atoms with Gasteiger partial charge in [0, 0.05) is 24.8 Å². The Morgan fingerprint density at radius 1 is 1.03 bits per heavy atom. The van der Waals surface area contributed by atoms with Crippen molar-refractivity contribution in [2.24, 2.45) is 5.92 Å². The highest BCUT2D eigenvalue weighted by atomic mass is 16.5. The van der Waals surface area contributed by atoms with Crippen molar-refractivity contribution in [3.05, 3.63) is 54.1 Å². The van der Waals surface area contributed by atoms with Gasteiger partial charge in [-0.15, -0.1) is 0 Å². The van der Waals surface area contributed by atoms with Gasteiger partial charge < -0.3 is 24.4 Å². The van der Waals surface area contributed by atoms with Crippen molar-refractivity contribution in [3.8, 4) is 11.5 Å². The molecule has 1 aliphatic rings. The fraction of sp³-hybridized carbons (Fsp3) is 0.400. The molecule has 2 amide bonds. The minimum Gasteiger partial charge on any atom is -0.497 e. The molecule has 0 aliphatic heterocycles. The molecule has 8 heteroatoms. The minimum atomic E-state index is -0.575. The minimum absolute atomic E-state index is 0.167. The molecule has 0 bridgehead atoms. The Kier molecular flexibility index (Phi) is 8.69. The summed E-state index contributed by atoms with van der Waals surface area (Å²) in [6, 6.07) is 13.2. The molecule has 0 saturated heterocycles. The second kappa shape index (κ2) is 11.9. The second-order valence-electron chi connectivity index (χ2n) is 7.95. The largest absolute Gasteiger partial charge is 0.497 e. The van der Waals surface area contributed by atoms with Crippen LogP contribution in [0.15, 0.2) is 48.5 Å². The Balaban J connectivity index is 1.43. The lowest BCUT2D eigenvalue weighted by Gasteiger charge is -2.21. The van der Waals surface area contributed by atoms with Crippen molar-refractivity contribution >= 4 is 23.5 Å². The van der Waals surface area contributed by atoms with Crippen molar-refractivity contribution in [3.63, 3.8) is 0 Å². The first-order chi connectivity index (χ1) is 16.0. The Bertz CT molecular complexity index is 956. The van der Waals surface area contributed by atoms with Crippen LogP contribution < -0.4 is 14.8 Å². The number of methoxy groups -OCH3 is 1. The number of anilines is 1. The van der Waals surface area contributed by atoms with E-state index in [2.05, 4.69) is 5.32 Å². The third-order valence-corrected chi connectivity index (χ3v) is 5.16. The highest BCUT2D eigenvalue weighted by Crippen LogP contribution is 2.29. The average Bonchev–Trinajstić information content (AvgIpc) is 3.65. The normalized spacial score (nSPS) is 12.5. The molecule has 0 radical (unpaired) electrons. The lowest BCUT2D eigenvalue weighted by Crippen LogP contribution is -2.36. The number of hydrogen-bond donors (Lipinski definition) is 1. The number of carbonyl (C=O) groups excluding carboxylic acids is 3. The van der Waals surface area contributed by atoms with E-state index in [-0.39, 0.29) is 25.0 Å². The predicted octanol–water partition coefficient (Wildman–Crippen LogP) is 3.52. The van der Waals surface area contributed by atoms with E-state index < -0.39 is 5.97 Å². The van der Waals surface area contributed by atoms with Gasteiger partial charge in [0.2, 0.25) is 0 Å². The van der Waals surface area contributed by atoms with Crippen molar-refractivity contribution < 1.29 is 28.6 Å². The van der Waals surface area contributed by atoms with Crippen molar-refractivity contribution in [1.29, 1.82) is 0 Å². The quantitative estimate of drug-likeness (QED) is 0.493. The molecule has 0 spiro atoms. The molecule has 3 rings (SSSR count). The molecule has 176 valence electrons. The molecule has 2 aromatic carbocycles. The third-order valence-electron chi connectivity index (χ3n) is 5.16. The first kappa shape index (κ1) is 24.1. The fourth-order valence-electron chi connectivity index (χ4n) is 3.24. The van der Waals surface area contributed by atoms with E-state index in [1.807, 2.05) is 6.92 Å².